The fourth-order valence-corrected chi connectivity index (χ4v) is 5.04. The van der Waals surface area contributed by atoms with Crippen molar-refractivity contribution in [2.24, 2.45) is 5.73 Å². The quantitative estimate of drug-likeness (QED) is 0.828. The summed E-state index contributed by atoms with van der Waals surface area (Å²) in [4.78, 5) is 23.3. The van der Waals surface area contributed by atoms with E-state index in [9.17, 15) is 4.79 Å². The average molecular weight is 396 g/mol. The number of aromatic nitrogens is 2. The number of hydrogen-bond acceptors (Lipinski definition) is 5. The molecule has 1 amide bonds. The van der Waals surface area contributed by atoms with Crippen molar-refractivity contribution in [3.8, 4) is 0 Å². The third-order valence-corrected chi connectivity index (χ3v) is 6.34. The molecule has 2 aromatic rings. The van der Waals surface area contributed by atoms with Crippen LogP contribution in [0.5, 0.6) is 0 Å². The van der Waals surface area contributed by atoms with Gasteiger partial charge in [0.15, 0.2) is 0 Å². The maximum absolute atomic E-state index is 12.0. The second kappa shape index (κ2) is 6.78. The molecule has 0 saturated carbocycles. The highest BCUT2D eigenvalue weighted by Gasteiger charge is 2.41. The van der Waals surface area contributed by atoms with Crippen LogP contribution in [0.3, 0.4) is 0 Å². The Hall–Kier alpha value is -2.60. The molecule has 2 aliphatic heterocycles. The summed E-state index contributed by atoms with van der Waals surface area (Å²) in [6.07, 6.45) is 12.6. The highest BCUT2D eigenvalue weighted by molar-refractivity contribution is 6.30. The summed E-state index contributed by atoms with van der Waals surface area (Å²) < 4.78 is 0. The molecule has 0 radical (unpaired) electrons. The van der Waals surface area contributed by atoms with Crippen LogP contribution in [-0.4, -0.2) is 34.0 Å². The number of nitrogens with two attached hydrogens (primary N) is 1. The monoisotopic (exact) mass is 395 g/mol. The van der Waals surface area contributed by atoms with E-state index in [0.29, 0.717) is 28.7 Å². The summed E-state index contributed by atoms with van der Waals surface area (Å²) in [7, 11) is 0. The van der Waals surface area contributed by atoms with Gasteiger partial charge in [0, 0.05) is 42.5 Å². The maximum Gasteiger partial charge on any atom is 0.252 e. The second-order valence-corrected chi connectivity index (χ2v) is 8.25. The van der Waals surface area contributed by atoms with Gasteiger partial charge in [-0.15, -0.1) is 0 Å². The Bertz CT molecular complexity index is 944. The lowest BCUT2D eigenvalue weighted by molar-refractivity contribution is 0.100. The first-order valence-corrected chi connectivity index (χ1v) is 10.1. The zero-order valence-corrected chi connectivity index (χ0v) is 16.2. The molecular weight excluding hydrogens is 374 g/mol. The zero-order chi connectivity index (χ0) is 19.3. The number of amides is 1. The van der Waals surface area contributed by atoms with Gasteiger partial charge in [-0.2, -0.15) is 0 Å². The zero-order valence-electron chi connectivity index (χ0n) is 15.4. The minimum atomic E-state index is -0.441. The number of anilines is 2. The van der Waals surface area contributed by atoms with Crippen molar-refractivity contribution in [1.82, 2.24) is 9.97 Å². The third kappa shape index (κ3) is 2.92. The summed E-state index contributed by atoms with van der Waals surface area (Å²) in [6.45, 7) is 0. The largest absolute Gasteiger partial charge is 0.381 e. The van der Waals surface area contributed by atoms with Crippen LogP contribution in [0.1, 0.15) is 47.3 Å². The van der Waals surface area contributed by atoms with Crippen LogP contribution in [0.25, 0.3) is 6.08 Å². The number of allylic oxidation sites excluding steroid dienone is 1. The van der Waals surface area contributed by atoms with Gasteiger partial charge in [-0.05, 0) is 37.8 Å². The molecule has 3 N–H and O–H groups in total. The van der Waals surface area contributed by atoms with Crippen LogP contribution >= 0.6 is 11.6 Å². The van der Waals surface area contributed by atoms with Crippen LogP contribution < -0.4 is 16.0 Å². The van der Waals surface area contributed by atoms with Crippen LogP contribution in [0.2, 0.25) is 5.02 Å². The van der Waals surface area contributed by atoms with Gasteiger partial charge >= 0.3 is 0 Å². The molecule has 3 atom stereocenters. The molecule has 5 rings (SSSR count). The van der Waals surface area contributed by atoms with Crippen molar-refractivity contribution >= 4 is 35.1 Å². The number of carbonyl (C=O) groups is 1. The van der Waals surface area contributed by atoms with E-state index in [-0.39, 0.29) is 0 Å². The molecule has 2 fully saturated rings. The van der Waals surface area contributed by atoms with Crippen molar-refractivity contribution in [3.63, 3.8) is 0 Å². The first-order chi connectivity index (χ1) is 13.6. The summed E-state index contributed by atoms with van der Waals surface area (Å²) in [5.74, 6) is 0.560. The standard InChI is InChI=1S/C21H22ClN5O/c22-12-4-7-19(25-10-12)27-14-5-6-15(27)9-13(8-14)26-20-16-2-1-3-18(16)24-11-17(20)21(23)28/h1-2,4,7,10-11,13-15H,3,5-6,8-9H2,(H2,23,28)(H,24,26)/t13?,14-,15+. The van der Waals surface area contributed by atoms with E-state index in [0.717, 1.165) is 54.9 Å². The minimum absolute atomic E-state index is 0.291. The van der Waals surface area contributed by atoms with E-state index in [1.807, 2.05) is 18.2 Å². The third-order valence-electron chi connectivity index (χ3n) is 6.12. The Kier molecular flexibility index (Phi) is 4.23. The molecule has 0 spiro atoms. The molecule has 7 heteroatoms. The molecular formula is C21H22ClN5O. The van der Waals surface area contributed by atoms with Crippen molar-refractivity contribution in [1.29, 1.82) is 0 Å². The normalized spacial score (nSPS) is 25.0. The Balaban J connectivity index is 1.40. The number of hydrogen-bond donors (Lipinski definition) is 2. The first kappa shape index (κ1) is 17.5. The smallest absolute Gasteiger partial charge is 0.252 e. The number of rotatable bonds is 4. The molecule has 2 saturated heterocycles. The van der Waals surface area contributed by atoms with Gasteiger partial charge in [0.25, 0.3) is 5.91 Å². The Morgan fingerprint density at radius 1 is 1.18 bits per heavy atom. The fraction of sp³-hybridized carbons (Fsp3) is 0.381. The van der Waals surface area contributed by atoms with Gasteiger partial charge in [0.1, 0.15) is 5.82 Å². The van der Waals surface area contributed by atoms with E-state index in [1.165, 1.54) is 0 Å². The molecule has 2 bridgehead atoms. The minimum Gasteiger partial charge on any atom is -0.381 e. The molecule has 28 heavy (non-hydrogen) atoms. The molecule has 1 aliphatic carbocycles. The predicted octanol–water partition coefficient (Wildman–Crippen LogP) is 3.41. The van der Waals surface area contributed by atoms with E-state index in [4.69, 9.17) is 17.3 Å². The van der Waals surface area contributed by atoms with E-state index in [1.54, 1.807) is 12.4 Å². The number of nitrogens with one attached hydrogen (secondary N) is 1. The Labute approximate surface area is 168 Å². The van der Waals surface area contributed by atoms with Gasteiger partial charge < -0.3 is 16.0 Å². The SMILES string of the molecule is NC(=O)c1cnc2c(c1NC1C[C@H]3CC[C@@H](C1)N3c1ccc(Cl)cn1)C=CC2. The number of primary amides is 1. The molecule has 6 nitrogen and oxygen atoms in total. The molecule has 1 unspecified atom stereocenters. The lowest BCUT2D eigenvalue weighted by Gasteiger charge is -2.40. The van der Waals surface area contributed by atoms with Crippen molar-refractivity contribution in [3.05, 3.63) is 52.4 Å². The van der Waals surface area contributed by atoms with Crippen LogP contribution in [-0.2, 0) is 6.42 Å². The summed E-state index contributed by atoms with van der Waals surface area (Å²) in [5.41, 5.74) is 8.94. The van der Waals surface area contributed by atoms with Crippen molar-refractivity contribution in [2.75, 3.05) is 10.2 Å². The lowest BCUT2D eigenvalue weighted by Crippen LogP contribution is -2.47. The van der Waals surface area contributed by atoms with E-state index < -0.39 is 5.91 Å². The summed E-state index contributed by atoms with van der Waals surface area (Å²) in [6, 6.07) is 5.08. The highest BCUT2D eigenvalue weighted by Crippen LogP contribution is 2.40. The topological polar surface area (TPSA) is 84.1 Å². The number of halogens is 1. The fourth-order valence-electron chi connectivity index (χ4n) is 4.93. The van der Waals surface area contributed by atoms with Gasteiger partial charge in [0.2, 0.25) is 0 Å². The maximum atomic E-state index is 12.0. The average Bonchev–Trinajstić information content (AvgIpc) is 3.25. The molecule has 144 valence electrons. The van der Waals surface area contributed by atoms with Gasteiger partial charge in [0.05, 0.1) is 22.0 Å². The van der Waals surface area contributed by atoms with Crippen LogP contribution in [0.15, 0.2) is 30.6 Å². The summed E-state index contributed by atoms with van der Waals surface area (Å²) in [5, 5.41) is 4.31. The Morgan fingerprint density at radius 2 is 1.96 bits per heavy atom. The van der Waals surface area contributed by atoms with Crippen molar-refractivity contribution < 1.29 is 4.79 Å². The molecule has 2 aromatic heterocycles. The molecule has 4 heterocycles. The van der Waals surface area contributed by atoms with Crippen LogP contribution in [0, 0.1) is 0 Å². The number of fused-ring (bicyclic) bond motifs is 3. The second-order valence-electron chi connectivity index (χ2n) is 7.82. The van der Waals surface area contributed by atoms with Gasteiger partial charge in [-0.3, -0.25) is 9.78 Å². The predicted molar refractivity (Wildman–Crippen MR) is 111 cm³/mol. The van der Waals surface area contributed by atoms with Gasteiger partial charge in [-0.25, -0.2) is 4.98 Å². The van der Waals surface area contributed by atoms with E-state index >= 15 is 0 Å². The Morgan fingerprint density at radius 3 is 2.64 bits per heavy atom. The van der Waals surface area contributed by atoms with Crippen LogP contribution in [0.4, 0.5) is 11.5 Å². The molecule has 0 aromatic carbocycles. The summed E-state index contributed by atoms with van der Waals surface area (Å²) >= 11 is 6.00. The lowest BCUT2D eigenvalue weighted by atomic mass is 9.96. The van der Waals surface area contributed by atoms with Crippen molar-refractivity contribution in [2.45, 2.75) is 50.2 Å². The number of carbonyl (C=O) groups excluding carboxylic acids is 1. The highest BCUT2D eigenvalue weighted by atomic mass is 35.5. The van der Waals surface area contributed by atoms with E-state index in [2.05, 4.69) is 26.3 Å². The number of nitrogens with zero attached hydrogens (tertiary/aromatic N) is 3. The molecule has 3 aliphatic rings. The van der Waals surface area contributed by atoms with Gasteiger partial charge in [-0.1, -0.05) is 23.8 Å². The number of pyridine rings is 2. The first-order valence-electron chi connectivity index (χ1n) is 9.75. The number of piperidine rings is 1.